The molecule has 0 aromatic carbocycles. The van der Waals surface area contributed by atoms with E-state index in [1.165, 1.54) is 0 Å². The van der Waals surface area contributed by atoms with E-state index in [-0.39, 0.29) is 0 Å². The molecule has 1 heterocycles. The normalized spacial score (nSPS) is 10.2. The zero-order valence-corrected chi connectivity index (χ0v) is 8.59. The molecule has 0 radical (unpaired) electrons. The molecule has 0 bridgehead atoms. The van der Waals surface area contributed by atoms with Crippen molar-refractivity contribution < 1.29 is 4.74 Å². The zero-order valence-electron chi connectivity index (χ0n) is 8.59. The van der Waals surface area contributed by atoms with E-state index in [0.29, 0.717) is 6.04 Å². The third-order valence-electron chi connectivity index (χ3n) is 1.71. The van der Waals surface area contributed by atoms with Gasteiger partial charge in [-0.25, -0.2) is 4.98 Å². The van der Waals surface area contributed by atoms with E-state index >= 15 is 0 Å². The lowest BCUT2D eigenvalue weighted by molar-refractivity contribution is 0.411. The van der Waals surface area contributed by atoms with Gasteiger partial charge in [-0.05, 0) is 20.8 Å². The second-order valence-electron chi connectivity index (χ2n) is 3.34. The molecule has 1 aromatic rings. The van der Waals surface area contributed by atoms with Gasteiger partial charge in [-0.15, -0.1) is 0 Å². The van der Waals surface area contributed by atoms with Crippen molar-refractivity contribution in [3.05, 3.63) is 17.8 Å². The van der Waals surface area contributed by atoms with Gasteiger partial charge in [0, 0.05) is 23.9 Å². The van der Waals surface area contributed by atoms with E-state index in [1.807, 2.05) is 19.2 Å². The molecule has 0 saturated heterocycles. The van der Waals surface area contributed by atoms with Crippen LogP contribution in [0.25, 0.3) is 0 Å². The van der Waals surface area contributed by atoms with Crippen molar-refractivity contribution in [1.82, 2.24) is 4.98 Å². The van der Waals surface area contributed by atoms with E-state index in [0.717, 1.165) is 17.1 Å². The Hall–Kier alpha value is -1.25. The van der Waals surface area contributed by atoms with Crippen LogP contribution in [-0.2, 0) is 0 Å². The van der Waals surface area contributed by atoms with Crippen LogP contribution in [0.1, 0.15) is 19.4 Å². The van der Waals surface area contributed by atoms with Crippen molar-refractivity contribution in [2.75, 3.05) is 12.4 Å². The Morgan fingerprint density at radius 2 is 2.15 bits per heavy atom. The maximum Gasteiger partial charge on any atom is 0.129 e. The van der Waals surface area contributed by atoms with Crippen molar-refractivity contribution in [3.63, 3.8) is 0 Å². The summed E-state index contributed by atoms with van der Waals surface area (Å²) in [5, 5.41) is 3.22. The number of anilines is 1. The molecule has 0 amide bonds. The Morgan fingerprint density at radius 3 is 2.69 bits per heavy atom. The SMILES string of the molecule is COc1cc(NC(C)C)ncc1C. The Bertz CT molecular complexity index is 284. The van der Waals surface area contributed by atoms with Crippen molar-refractivity contribution in [1.29, 1.82) is 0 Å². The largest absolute Gasteiger partial charge is 0.496 e. The van der Waals surface area contributed by atoms with Gasteiger partial charge in [-0.1, -0.05) is 0 Å². The van der Waals surface area contributed by atoms with E-state index in [9.17, 15) is 0 Å². The zero-order chi connectivity index (χ0) is 9.84. The summed E-state index contributed by atoms with van der Waals surface area (Å²) in [5.74, 6) is 1.73. The summed E-state index contributed by atoms with van der Waals surface area (Å²) in [6.45, 7) is 6.13. The summed E-state index contributed by atoms with van der Waals surface area (Å²) in [7, 11) is 1.67. The first-order chi connectivity index (χ1) is 6.13. The van der Waals surface area contributed by atoms with Crippen LogP contribution in [0, 0.1) is 6.92 Å². The van der Waals surface area contributed by atoms with E-state index in [1.54, 1.807) is 7.11 Å². The first-order valence-electron chi connectivity index (χ1n) is 4.40. The first-order valence-corrected chi connectivity index (χ1v) is 4.40. The molecule has 0 atom stereocenters. The van der Waals surface area contributed by atoms with Crippen LogP contribution in [0.3, 0.4) is 0 Å². The standard InChI is InChI=1S/C10H16N2O/c1-7(2)12-10-5-9(13-4)8(3)6-11-10/h5-7H,1-4H3,(H,11,12). The predicted octanol–water partition coefficient (Wildman–Crippen LogP) is 2.22. The van der Waals surface area contributed by atoms with Crippen LogP contribution in [0.5, 0.6) is 5.75 Å². The molecule has 1 aromatic heterocycles. The summed E-state index contributed by atoms with van der Waals surface area (Å²) >= 11 is 0. The molecule has 13 heavy (non-hydrogen) atoms. The Balaban J connectivity index is 2.86. The maximum absolute atomic E-state index is 5.19. The number of aromatic nitrogens is 1. The van der Waals surface area contributed by atoms with Crippen LogP contribution in [-0.4, -0.2) is 18.1 Å². The quantitative estimate of drug-likeness (QED) is 0.774. The fraction of sp³-hybridized carbons (Fsp3) is 0.500. The van der Waals surface area contributed by atoms with Gasteiger partial charge >= 0.3 is 0 Å². The molecular weight excluding hydrogens is 164 g/mol. The van der Waals surface area contributed by atoms with Crippen LogP contribution in [0.2, 0.25) is 0 Å². The number of nitrogens with zero attached hydrogens (tertiary/aromatic N) is 1. The fourth-order valence-electron chi connectivity index (χ4n) is 1.10. The molecule has 1 N–H and O–H groups in total. The average Bonchev–Trinajstić information content (AvgIpc) is 2.07. The summed E-state index contributed by atoms with van der Waals surface area (Å²) in [5.41, 5.74) is 1.05. The Kier molecular flexibility index (Phi) is 3.12. The highest BCUT2D eigenvalue weighted by Gasteiger charge is 2.01. The lowest BCUT2D eigenvalue weighted by atomic mass is 10.3. The van der Waals surface area contributed by atoms with Gasteiger partial charge in [0.15, 0.2) is 0 Å². The summed E-state index contributed by atoms with van der Waals surface area (Å²) in [6.07, 6.45) is 1.81. The lowest BCUT2D eigenvalue weighted by Crippen LogP contribution is -2.11. The minimum atomic E-state index is 0.389. The fourth-order valence-corrected chi connectivity index (χ4v) is 1.10. The summed E-state index contributed by atoms with van der Waals surface area (Å²) < 4.78 is 5.19. The van der Waals surface area contributed by atoms with E-state index in [2.05, 4.69) is 24.1 Å². The van der Waals surface area contributed by atoms with Crippen LogP contribution >= 0.6 is 0 Å². The number of pyridine rings is 1. The average molecular weight is 180 g/mol. The first kappa shape index (κ1) is 9.84. The molecule has 72 valence electrons. The highest BCUT2D eigenvalue weighted by atomic mass is 16.5. The molecule has 0 aliphatic heterocycles. The third-order valence-corrected chi connectivity index (χ3v) is 1.71. The summed E-state index contributed by atoms with van der Waals surface area (Å²) in [6, 6.07) is 2.30. The van der Waals surface area contributed by atoms with Crippen LogP contribution < -0.4 is 10.1 Å². The van der Waals surface area contributed by atoms with E-state index in [4.69, 9.17) is 4.74 Å². The predicted molar refractivity (Wildman–Crippen MR) is 54.3 cm³/mol. The molecule has 0 spiro atoms. The number of hydrogen-bond acceptors (Lipinski definition) is 3. The van der Waals surface area contributed by atoms with Gasteiger partial charge in [0.25, 0.3) is 0 Å². The Morgan fingerprint density at radius 1 is 1.46 bits per heavy atom. The number of hydrogen-bond donors (Lipinski definition) is 1. The van der Waals surface area contributed by atoms with Crippen LogP contribution in [0.4, 0.5) is 5.82 Å². The number of methoxy groups -OCH3 is 1. The molecule has 0 aliphatic rings. The van der Waals surface area contributed by atoms with Crippen molar-refractivity contribution in [3.8, 4) is 5.75 Å². The minimum absolute atomic E-state index is 0.389. The lowest BCUT2D eigenvalue weighted by Gasteiger charge is -2.11. The van der Waals surface area contributed by atoms with Gasteiger partial charge in [0.1, 0.15) is 11.6 Å². The number of ether oxygens (including phenoxy) is 1. The molecule has 3 heteroatoms. The second kappa shape index (κ2) is 4.12. The smallest absolute Gasteiger partial charge is 0.129 e. The molecule has 0 saturated carbocycles. The maximum atomic E-state index is 5.19. The summed E-state index contributed by atoms with van der Waals surface area (Å²) in [4.78, 5) is 4.24. The van der Waals surface area contributed by atoms with Gasteiger partial charge in [0.05, 0.1) is 7.11 Å². The topological polar surface area (TPSA) is 34.1 Å². The molecule has 0 fully saturated rings. The van der Waals surface area contributed by atoms with Gasteiger partial charge in [-0.2, -0.15) is 0 Å². The van der Waals surface area contributed by atoms with Gasteiger partial charge in [-0.3, -0.25) is 0 Å². The number of rotatable bonds is 3. The molecule has 0 aliphatic carbocycles. The van der Waals surface area contributed by atoms with Gasteiger partial charge < -0.3 is 10.1 Å². The van der Waals surface area contributed by atoms with E-state index < -0.39 is 0 Å². The highest BCUT2D eigenvalue weighted by Crippen LogP contribution is 2.19. The van der Waals surface area contributed by atoms with Crippen LogP contribution in [0.15, 0.2) is 12.3 Å². The highest BCUT2D eigenvalue weighted by molar-refractivity contribution is 5.44. The molecule has 0 unspecified atom stereocenters. The molecular formula is C10H16N2O. The Labute approximate surface area is 79.1 Å². The van der Waals surface area contributed by atoms with Crippen molar-refractivity contribution >= 4 is 5.82 Å². The van der Waals surface area contributed by atoms with Crippen molar-refractivity contribution in [2.45, 2.75) is 26.8 Å². The van der Waals surface area contributed by atoms with Crippen molar-refractivity contribution in [2.24, 2.45) is 0 Å². The molecule has 3 nitrogen and oxygen atoms in total. The van der Waals surface area contributed by atoms with Gasteiger partial charge in [0.2, 0.25) is 0 Å². The minimum Gasteiger partial charge on any atom is -0.496 e. The second-order valence-corrected chi connectivity index (χ2v) is 3.34. The third kappa shape index (κ3) is 2.61. The monoisotopic (exact) mass is 180 g/mol. The number of nitrogens with one attached hydrogen (secondary N) is 1. The molecule has 1 rings (SSSR count). The number of aryl methyl sites for hydroxylation is 1.